The molecule has 0 bridgehead atoms. The molecule has 0 spiro atoms. The predicted octanol–water partition coefficient (Wildman–Crippen LogP) is 0.474. The summed E-state index contributed by atoms with van der Waals surface area (Å²) in [5.41, 5.74) is 0.174. The van der Waals surface area contributed by atoms with E-state index >= 15 is 0 Å². The normalized spacial score (nSPS) is 26.0. The van der Waals surface area contributed by atoms with Gasteiger partial charge in [-0.1, -0.05) is 12.1 Å². The molecule has 0 radical (unpaired) electrons. The number of rotatable bonds is 4. The van der Waals surface area contributed by atoms with Crippen LogP contribution in [0.2, 0.25) is 0 Å². The summed E-state index contributed by atoms with van der Waals surface area (Å²) in [5.74, 6) is 1.46. The van der Waals surface area contributed by atoms with Gasteiger partial charge in [0.1, 0.15) is 0 Å². The van der Waals surface area contributed by atoms with E-state index in [9.17, 15) is 0 Å². The molecule has 1 fully saturated rings. The van der Waals surface area contributed by atoms with E-state index in [1.807, 2.05) is 6.92 Å². The van der Waals surface area contributed by atoms with Crippen molar-refractivity contribution in [2.45, 2.75) is 38.8 Å². The van der Waals surface area contributed by atoms with Crippen molar-refractivity contribution in [3.05, 3.63) is 11.7 Å². The lowest BCUT2D eigenvalue weighted by Crippen LogP contribution is -2.43. The Morgan fingerprint density at radius 2 is 2.47 bits per heavy atom. The minimum Gasteiger partial charge on any atom is -0.339 e. The van der Waals surface area contributed by atoms with Gasteiger partial charge < -0.3 is 15.2 Å². The molecule has 1 saturated heterocycles. The van der Waals surface area contributed by atoms with Gasteiger partial charge in [-0.3, -0.25) is 0 Å². The maximum absolute atomic E-state index is 5.05. The van der Waals surface area contributed by atoms with E-state index in [-0.39, 0.29) is 5.54 Å². The first-order chi connectivity index (χ1) is 7.22. The molecule has 2 N–H and O–H groups in total. The van der Waals surface area contributed by atoms with E-state index in [0.29, 0.717) is 12.4 Å². The monoisotopic (exact) mass is 210 g/mol. The molecule has 0 amide bonds. The first-order valence-corrected chi connectivity index (χ1v) is 5.49. The Morgan fingerprint density at radius 3 is 3.07 bits per heavy atom. The highest BCUT2D eigenvalue weighted by Crippen LogP contribution is 2.13. The zero-order valence-corrected chi connectivity index (χ0v) is 9.34. The maximum Gasteiger partial charge on any atom is 0.226 e. The van der Waals surface area contributed by atoms with Crippen LogP contribution in [0.5, 0.6) is 0 Å². The molecule has 15 heavy (non-hydrogen) atoms. The fraction of sp³-hybridized carbons (Fsp3) is 0.800. The van der Waals surface area contributed by atoms with Crippen LogP contribution in [-0.4, -0.2) is 28.8 Å². The van der Waals surface area contributed by atoms with Crippen molar-refractivity contribution in [1.82, 2.24) is 20.8 Å². The zero-order chi connectivity index (χ0) is 10.7. The Hall–Kier alpha value is -0.940. The van der Waals surface area contributed by atoms with Crippen molar-refractivity contribution >= 4 is 0 Å². The van der Waals surface area contributed by atoms with Crippen LogP contribution in [0, 0.1) is 0 Å². The third-order valence-electron chi connectivity index (χ3n) is 2.85. The molecule has 5 heteroatoms. The summed E-state index contributed by atoms with van der Waals surface area (Å²) < 4.78 is 5.05. The second-order valence-electron chi connectivity index (χ2n) is 4.30. The predicted molar refractivity (Wildman–Crippen MR) is 56.4 cm³/mol. The molecule has 1 atom stereocenters. The fourth-order valence-corrected chi connectivity index (χ4v) is 1.77. The number of aryl methyl sites for hydroxylation is 1. The summed E-state index contributed by atoms with van der Waals surface area (Å²) >= 11 is 0. The molecule has 1 aromatic heterocycles. The first kappa shape index (κ1) is 10.6. The van der Waals surface area contributed by atoms with Gasteiger partial charge in [0.05, 0.1) is 6.54 Å². The quantitative estimate of drug-likeness (QED) is 0.756. The maximum atomic E-state index is 5.05. The molecule has 5 nitrogen and oxygen atoms in total. The lowest BCUT2D eigenvalue weighted by molar-refractivity contribution is 0.357. The van der Waals surface area contributed by atoms with Crippen LogP contribution in [-0.2, 0) is 13.0 Å². The van der Waals surface area contributed by atoms with Gasteiger partial charge in [0.25, 0.3) is 0 Å². The second-order valence-corrected chi connectivity index (χ2v) is 4.30. The van der Waals surface area contributed by atoms with Crippen molar-refractivity contribution in [2.24, 2.45) is 0 Å². The van der Waals surface area contributed by atoms with Crippen LogP contribution < -0.4 is 10.6 Å². The van der Waals surface area contributed by atoms with Crippen LogP contribution in [0.3, 0.4) is 0 Å². The molecule has 1 aromatic rings. The van der Waals surface area contributed by atoms with Crippen LogP contribution >= 0.6 is 0 Å². The van der Waals surface area contributed by atoms with Crippen molar-refractivity contribution in [2.75, 3.05) is 13.1 Å². The Labute approximate surface area is 89.6 Å². The molecule has 2 rings (SSSR count). The lowest BCUT2D eigenvalue weighted by Gasteiger charge is -2.23. The summed E-state index contributed by atoms with van der Waals surface area (Å²) in [4.78, 5) is 4.26. The van der Waals surface area contributed by atoms with Crippen molar-refractivity contribution in [1.29, 1.82) is 0 Å². The summed E-state index contributed by atoms with van der Waals surface area (Å²) in [6, 6.07) is 0. The highest BCUT2D eigenvalue weighted by Gasteiger charge is 2.27. The molecular weight excluding hydrogens is 192 g/mol. The SMILES string of the molecule is CCc1nc(CNC2(C)CCNC2)no1. The Bertz CT molecular complexity index is 317. The summed E-state index contributed by atoms with van der Waals surface area (Å²) in [6.45, 7) is 6.99. The van der Waals surface area contributed by atoms with Crippen molar-refractivity contribution in [3.63, 3.8) is 0 Å². The smallest absolute Gasteiger partial charge is 0.226 e. The number of hydrogen-bond donors (Lipinski definition) is 2. The summed E-state index contributed by atoms with van der Waals surface area (Å²) in [5, 5.41) is 10.7. The molecule has 1 unspecified atom stereocenters. The molecule has 1 aliphatic heterocycles. The van der Waals surface area contributed by atoms with E-state index in [1.165, 1.54) is 0 Å². The molecule has 0 saturated carbocycles. The fourth-order valence-electron chi connectivity index (χ4n) is 1.77. The number of aromatic nitrogens is 2. The zero-order valence-electron chi connectivity index (χ0n) is 9.34. The Balaban J connectivity index is 1.87. The minimum absolute atomic E-state index is 0.174. The van der Waals surface area contributed by atoms with E-state index in [1.54, 1.807) is 0 Å². The third kappa shape index (κ3) is 2.54. The van der Waals surface area contributed by atoms with Crippen LogP contribution in [0.15, 0.2) is 4.52 Å². The molecule has 1 aliphatic rings. The minimum atomic E-state index is 0.174. The van der Waals surface area contributed by atoms with Crippen LogP contribution in [0.4, 0.5) is 0 Å². The van der Waals surface area contributed by atoms with Gasteiger partial charge in [0, 0.05) is 18.5 Å². The standard InChI is InChI=1S/C10H18N4O/c1-3-9-13-8(14-15-9)6-12-10(2)4-5-11-7-10/h11-12H,3-7H2,1-2H3. The number of hydrogen-bond acceptors (Lipinski definition) is 5. The van der Waals surface area contributed by atoms with Gasteiger partial charge in [-0.05, 0) is 19.9 Å². The van der Waals surface area contributed by atoms with Crippen molar-refractivity contribution < 1.29 is 4.52 Å². The first-order valence-electron chi connectivity index (χ1n) is 5.49. The Kier molecular flexibility index (Phi) is 3.02. The van der Waals surface area contributed by atoms with E-state index in [4.69, 9.17) is 4.52 Å². The highest BCUT2D eigenvalue weighted by molar-refractivity contribution is 4.94. The second kappa shape index (κ2) is 4.28. The molecular formula is C10H18N4O. The molecule has 84 valence electrons. The van der Waals surface area contributed by atoms with Gasteiger partial charge in [0.2, 0.25) is 5.89 Å². The van der Waals surface area contributed by atoms with Crippen LogP contribution in [0.25, 0.3) is 0 Å². The van der Waals surface area contributed by atoms with Gasteiger partial charge >= 0.3 is 0 Å². The largest absolute Gasteiger partial charge is 0.339 e. The van der Waals surface area contributed by atoms with E-state index in [0.717, 1.165) is 31.8 Å². The summed E-state index contributed by atoms with van der Waals surface area (Å²) in [6.07, 6.45) is 1.94. The van der Waals surface area contributed by atoms with Gasteiger partial charge in [-0.15, -0.1) is 0 Å². The highest BCUT2D eigenvalue weighted by atomic mass is 16.5. The lowest BCUT2D eigenvalue weighted by atomic mass is 10.0. The molecule has 0 aromatic carbocycles. The average Bonchev–Trinajstić information content (AvgIpc) is 2.84. The third-order valence-corrected chi connectivity index (χ3v) is 2.85. The average molecular weight is 210 g/mol. The van der Waals surface area contributed by atoms with Gasteiger partial charge in [-0.2, -0.15) is 4.98 Å². The topological polar surface area (TPSA) is 63.0 Å². The number of nitrogens with zero attached hydrogens (tertiary/aromatic N) is 2. The van der Waals surface area contributed by atoms with E-state index < -0.39 is 0 Å². The van der Waals surface area contributed by atoms with Crippen molar-refractivity contribution in [3.8, 4) is 0 Å². The van der Waals surface area contributed by atoms with Gasteiger partial charge in [-0.25, -0.2) is 0 Å². The van der Waals surface area contributed by atoms with Gasteiger partial charge in [0.15, 0.2) is 5.82 Å². The summed E-state index contributed by atoms with van der Waals surface area (Å²) in [7, 11) is 0. The molecule has 0 aliphatic carbocycles. The molecule has 2 heterocycles. The number of nitrogens with one attached hydrogen (secondary N) is 2. The van der Waals surface area contributed by atoms with E-state index in [2.05, 4.69) is 27.7 Å². The Morgan fingerprint density at radius 1 is 1.60 bits per heavy atom. The van der Waals surface area contributed by atoms with Crippen LogP contribution in [0.1, 0.15) is 32.0 Å².